The Balaban J connectivity index is 1.10. The highest BCUT2D eigenvalue weighted by Gasteiger charge is 2.47. The second-order valence-corrected chi connectivity index (χ2v) is 15.2. The maximum absolute atomic E-state index is 13.4. The van der Waals surface area contributed by atoms with Crippen LogP contribution in [-0.4, -0.2) is 56.3 Å². The summed E-state index contributed by atoms with van der Waals surface area (Å²) in [6.07, 6.45) is 17.8. The van der Waals surface area contributed by atoms with Crippen LogP contribution < -0.4 is 20.5 Å². The highest BCUT2D eigenvalue weighted by molar-refractivity contribution is 7.90. The molecule has 5 unspecified atom stereocenters. The molecule has 0 radical (unpaired) electrons. The fourth-order valence-corrected chi connectivity index (χ4v) is 9.05. The number of guanidine groups is 1. The molecule has 1 heterocycles. The van der Waals surface area contributed by atoms with Crippen LogP contribution in [0.5, 0.6) is 5.75 Å². The minimum absolute atomic E-state index is 0.0999. The van der Waals surface area contributed by atoms with E-state index in [1.165, 1.54) is 0 Å². The first-order valence-electron chi connectivity index (χ1n) is 16.2. The van der Waals surface area contributed by atoms with Crippen LogP contribution in [-0.2, 0) is 26.0 Å². The van der Waals surface area contributed by atoms with E-state index in [-0.39, 0.29) is 48.2 Å². The summed E-state index contributed by atoms with van der Waals surface area (Å²) in [5.41, 5.74) is 8.41. The maximum Gasteiger partial charge on any atom is 0.407 e. The van der Waals surface area contributed by atoms with Gasteiger partial charge in [-0.15, -0.1) is 0 Å². The molecule has 254 valence electrons. The quantitative estimate of drug-likeness (QED) is 0.151. The number of fused-ring (bicyclic) bond motifs is 4. The molecule has 3 aliphatic carbocycles. The lowest BCUT2D eigenvalue weighted by Gasteiger charge is -2.24. The predicted molar refractivity (Wildman–Crippen MR) is 180 cm³/mol. The van der Waals surface area contributed by atoms with E-state index in [0.29, 0.717) is 42.2 Å². The zero-order valence-electron chi connectivity index (χ0n) is 27.7. The molecule has 5 atom stereocenters. The second-order valence-electron chi connectivity index (χ2n) is 13.6. The van der Waals surface area contributed by atoms with Crippen molar-refractivity contribution in [3.05, 3.63) is 70.9 Å². The normalized spacial score (nSPS) is 25.8. The zero-order valence-corrected chi connectivity index (χ0v) is 28.5. The zero-order chi connectivity index (χ0) is 34.1. The van der Waals surface area contributed by atoms with Gasteiger partial charge in [0, 0.05) is 24.4 Å². The average Bonchev–Trinajstić information content (AvgIpc) is 3.51. The van der Waals surface area contributed by atoms with Gasteiger partial charge in [0.1, 0.15) is 17.4 Å². The Morgan fingerprint density at radius 1 is 1.00 bits per heavy atom. The van der Waals surface area contributed by atoms with Crippen molar-refractivity contribution in [3.8, 4) is 5.75 Å². The van der Waals surface area contributed by atoms with Crippen LogP contribution in [0.3, 0.4) is 0 Å². The van der Waals surface area contributed by atoms with E-state index >= 15 is 0 Å². The maximum atomic E-state index is 13.4. The molecule has 1 fully saturated rings. The van der Waals surface area contributed by atoms with E-state index in [1.54, 1.807) is 13.8 Å². The number of carboxylic acids is 1. The Hall–Kier alpha value is -4.06. The SMILES string of the molecule is Cc1c(C)c(S(=O)(=O)NC(N)=NCCCCC(NC(=O)OCC2C3C=CC=CC3C3C=CC=CC32)C(=O)O)c(C)c2c1OC(C)(C)C2. The predicted octanol–water partition coefficient (Wildman–Crippen LogP) is 4.61. The molecule has 4 aliphatic rings. The number of nitrogens with two attached hydrogens (primary N) is 1. The Labute approximate surface area is 277 Å². The van der Waals surface area contributed by atoms with Gasteiger partial charge in [0.2, 0.25) is 5.96 Å². The molecule has 1 amide bonds. The van der Waals surface area contributed by atoms with Crippen LogP contribution in [0, 0.1) is 50.4 Å². The number of unbranched alkanes of at least 4 members (excludes halogenated alkanes) is 1. The van der Waals surface area contributed by atoms with Crippen LogP contribution in [0.15, 0.2) is 58.5 Å². The van der Waals surface area contributed by atoms with Gasteiger partial charge in [0.05, 0.1) is 11.5 Å². The smallest absolute Gasteiger partial charge is 0.407 e. The monoisotopic (exact) mass is 666 g/mol. The summed E-state index contributed by atoms with van der Waals surface area (Å²) < 4.78 is 40.8. The van der Waals surface area contributed by atoms with Crippen molar-refractivity contribution in [1.82, 2.24) is 10.0 Å². The number of hydrogen-bond acceptors (Lipinski definition) is 7. The first-order valence-corrected chi connectivity index (χ1v) is 17.7. The summed E-state index contributed by atoms with van der Waals surface area (Å²) in [7, 11) is -4.02. The van der Waals surface area contributed by atoms with Crippen molar-refractivity contribution < 1.29 is 32.6 Å². The van der Waals surface area contributed by atoms with Crippen LogP contribution in [0.2, 0.25) is 0 Å². The van der Waals surface area contributed by atoms with Gasteiger partial charge in [-0.25, -0.2) is 22.7 Å². The topological polar surface area (TPSA) is 169 Å². The summed E-state index contributed by atoms with van der Waals surface area (Å²) in [6, 6.07) is -1.13. The summed E-state index contributed by atoms with van der Waals surface area (Å²) in [4.78, 5) is 28.9. The summed E-state index contributed by atoms with van der Waals surface area (Å²) in [5.74, 6) is 0.610. The van der Waals surface area contributed by atoms with Gasteiger partial charge in [-0.3, -0.25) is 4.99 Å². The van der Waals surface area contributed by atoms with Crippen LogP contribution in [0.1, 0.15) is 55.4 Å². The Morgan fingerprint density at radius 3 is 2.19 bits per heavy atom. The number of aliphatic carboxylic acids is 1. The highest BCUT2D eigenvalue weighted by Crippen LogP contribution is 2.51. The minimum atomic E-state index is -4.02. The molecule has 1 aromatic carbocycles. The van der Waals surface area contributed by atoms with Crippen molar-refractivity contribution in [2.24, 2.45) is 40.3 Å². The van der Waals surface area contributed by atoms with E-state index in [4.69, 9.17) is 15.2 Å². The third-order valence-electron chi connectivity index (χ3n) is 9.86. The highest BCUT2D eigenvalue weighted by atomic mass is 32.2. The number of alkyl carbamates (subject to hydrolysis) is 1. The van der Waals surface area contributed by atoms with E-state index in [1.807, 2.05) is 32.9 Å². The van der Waals surface area contributed by atoms with Gasteiger partial charge in [-0.1, -0.05) is 48.6 Å². The molecule has 0 bridgehead atoms. The molecule has 47 heavy (non-hydrogen) atoms. The first-order chi connectivity index (χ1) is 22.2. The number of amides is 1. The van der Waals surface area contributed by atoms with Gasteiger partial charge in [0.15, 0.2) is 0 Å². The Morgan fingerprint density at radius 2 is 1.60 bits per heavy atom. The number of carbonyl (C=O) groups excluding carboxylic acids is 1. The molecule has 0 aromatic heterocycles. The van der Waals surface area contributed by atoms with Crippen molar-refractivity contribution in [1.29, 1.82) is 0 Å². The van der Waals surface area contributed by atoms with Gasteiger partial charge < -0.3 is 25.6 Å². The molecular formula is C35H46N4O7S. The van der Waals surface area contributed by atoms with E-state index in [9.17, 15) is 23.1 Å². The number of allylic oxidation sites excluding steroid dienone is 8. The van der Waals surface area contributed by atoms with Gasteiger partial charge in [-0.2, -0.15) is 0 Å². The third kappa shape index (κ3) is 7.27. The molecular weight excluding hydrogens is 620 g/mol. The van der Waals surface area contributed by atoms with Crippen molar-refractivity contribution in [2.45, 2.75) is 76.8 Å². The van der Waals surface area contributed by atoms with Gasteiger partial charge >= 0.3 is 12.1 Å². The molecule has 5 N–H and O–H groups in total. The molecule has 5 rings (SSSR count). The molecule has 1 saturated carbocycles. The number of sulfonamides is 1. The molecule has 0 spiro atoms. The number of ether oxygens (including phenoxy) is 2. The Kier molecular flexibility index (Phi) is 9.91. The second kappa shape index (κ2) is 13.6. The molecule has 1 aliphatic heterocycles. The number of nitrogens with zero attached hydrogens (tertiary/aromatic N) is 1. The number of carboxylic acid groups (broad SMARTS) is 1. The summed E-state index contributed by atoms with van der Waals surface area (Å²) >= 11 is 0. The Bertz CT molecular complexity index is 1640. The number of hydrogen-bond donors (Lipinski definition) is 4. The molecule has 0 saturated heterocycles. The standard InChI is InChI=1S/C35H46N4O7S/c1-20-21(2)31(22(3)27-18-35(4,5)46-30(20)27)47(43,44)39-33(36)37-17-11-10-16-29(32(40)41)38-34(42)45-19-28-25-14-8-6-12-23(25)24-13-7-9-15-26(24)28/h6-9,12-15,23-26,28-29H,10-11,16-19H2,1-5H3,(H,38,42)(H,40,41)(H3,36,37,39). The number of nitrogens with one attached hydrogen (secondary N) is 2. The van der Waals surface area contributed by atoms with Crippen LogP contribution in [0.25, 0.3) is 0 Å². The number of benzene rings is 1. The van der Waals surface area contributed by atoms with Crippen LogP contribution >= 0.6 is 0 Å². The minimum Gasteiger partial charge on any atom is -0.487 e. The average molecular weight is 667 g/mol. The number of aliphatic imine (C=N–C) groups is 1. The van der Waals surface area contributed by atoms with E-state index in [2.05, 4.69) is 51.5 Å². The summed E-state index contributed by atoms with van der Waals surface area (Å²) in [5, 5.41) is 12.2. The lowest BCUT2D eigenvalue weighted by atomic mass is 9.83. The number of rotatable bonds is 11. The van der Waals surface area contributed by atoms with E-state index in [0.717, 1.165) is 16.9 Å². The molecule has 12 heteroatoms. The van der Waals surface area contributed by atoms with Gasteiger partial charge in [-0.05, 0) is 94.2 Å². The van der Waals surface area contributed by atoms with E-state index < -0.39 is 33.7 Å². The molecule has 11 nitrogen and oxygen atoms in total. The largest absolute Gasteiger partial charge is 0.487 e. The fourth-order valence-electron chi connectivity index (χ4n) is 7.53. The van der Waals surface area contributed by atoms with Crippen molar-refractivity contribution in [3.63, 3.8) is 0 Å². The first kappa shape index (κ1) is 34.3. The van der Waals surface area contributed by atoms with Crippen molar-refractivity contribution >= 4 is 28.0 Å². The molecule has 1 aromatic rings. The van der Waals surface area contributed by atoms with Gasteiger partial charge in [0.25, 0.3) is 10.0 Å². The van der Waals surface area contributed by atoms with Crippen molar-refractivity contribution in [2.75, 3.05) is 13.2 Å². The lowest BCUT2D eigenvalue weighted by molar-refractivity contribution is -0.139. The fraction of sp³-hybridized carbons (Fsp3) is 0.514. The lowest BCUT2D eigenvalue weighted by Crippen LogP contribution is -2.41. The third-order valence-corrected chi connectivity index (χ3v) is 11.5. The summed E-state index contributed by atoms with van der Waals surface area (Å²) in [6.45, 7) is 9.67. The number of carbonyl (C=O) groups is 2. The van der Waals surface area contributed by atoms with Crippen LogP contribution in [0.4, 0.5) is 4.79 Å².